The number of rotatable bonds is 5. The van der Waals surface area contributed by atoms with Crippen molar-refractivity contribution in [3.63, 3.8) is 0 Å². The SMILES string of the molecule is COc1ccc(N2CCN(c3cc(C(=O)NC4CCCC4)ccn3)CC2)cc1. The van der Waals surface area contributed by atoms with E-state index in [1.54, 1.807) is 19.4 Å². The molecule has 28 heavy (non-hydrogen) atoms. The molecule has 6 nitrogen and oxygen atoms in total. The zero-order chi connectivity index (χ0) is 19.3. The Balaban J connectivity index is 1.36. The number of nitrogens with one attached hydrogen (secondary N) is 1. The lowest BCUT2D eigenvalue weighted by atomic mass is 10.2. The maximum atomic E-state index is 12.5. The standard InChI is InChI=1S/C22H28N4O2/c1-28-20-8-6-19(7-9-20)25-12-14-26(15-13-25)21-16-17(10-11-23-21)22(27)24-18-4-2-3-5-18/h6-11,16,18H,2-5,12-15H2,1H3,(H,24,27). The van der Waals surface area contributed by atoms with Gasteiger partial charge in [0.2, 0.25) is 0 Å². The van der Waals surface area contributed by atoms with Crippen LogP contribution in [0.4, 0.5) is 11.5 Å². The van der Waals surface area contributed by atoms with Crippen LogP contribution >= 0.6 is 0 Å². The molecule has 1 saturated heterocycles. The third-order valence-corrected chi connectivity index (χ3v) is 5.74. The summed E-state index contributed by atoms with van der Waals surface area (Å²) in [6, 6.07) is 12.2. The molecule has 148 valence electrons. The average Bonchev–Trinajstić information content (AvgIpc) is 3.27. The summed E-state index contributed by atoms with van der Waals surface area (Å²) in [5.41, 5.74) is 1.91. The van der Waals surface area contributed by atoms with Crippen LogP contribution in [0.25, 0.3) is 0 Å². The molecule has 4 rings (SSSR count). The molecule has 0 spiro atoms. The zero-order valence-corrected chi connectivity index (χ0v) is 16.4. The lowest BCUT2D eigenvalue weighted by Gasteiger charge is -2.36. The molecule has 1 aliphatic carbocycles. The van der Waals surface area contributed by atoms with Gasteiger partial charge in [0.15, 0.2) is 0 Å². The molecule has 0 bridgehead atoms. The first-order chi connectivity index (χ1) is 13.7. The second-order valence-corrected chi connectivity index (χ2v) is 7.53. The predicted octanol–water partition coefficient (Wildman–Crippen LogP) is 3.09. The quantitative estimate of drug-likeness (QED) is 0.864. The molecule has 1 aromatic carbocycles. The van der Waals surface area contributed by atoms with Gasteiger partial charge in [-0.2, -0.15) is 0 Å². The molecule has 0 unspecified atom stereocenters. The van der Waals surface area contributed by atoms with Crippen LogP contribution in [0.1, 0.15) is 36.0 Å². The summed E-state index contributed by atoms with van der Waals surface area (Å²) in [5.74, 6) is 1.78. The van der Waals surface area contributed by atoms with Crippen molar-refractivity contribution in [3.05, 3.63) is 48.2 Å². The minimum Gasteiger partial charge on any atom is -0.497 e. The van der Waals surface area contributed by atoms with Crippen LogP contribution in [0.3, 0.4) is 0 Å². The summed E-state index contributed by atoms with van der Waals surface area (Å²) >= 11 is 0. The van der Waals surface area contributed by atoms with Crippen LogP contribution in [-0.4, -0.2) is 50.2 Å². The van der Waals surface area contributed by atoms with Gasteiger partial charge >= 0.3 is 0 Å². The van der Waals surface area contributed by atoms with Crippen LogP contribution in [0.5, 0.6) is 5.75 Å². The topological polar surface area (TPSA) is 57.7 Å². The molecule has 1 saturated carbocycles. The maximum absolute atomic E-state index is 12.5. The van der Waals surface area contributed by atoms with Crippen molar-refractivity contribution >= 4 is 17.4 Å². The minimum atomic E-state index is 0.0208. The molecule has 2 heterocycles. The van der Waals surface area contributed by atoms with E-state index in [0.29, 0.717) is 11.6 Å². The highest BCUT2D eigenvalue weighted by atomic mass is 16.5. The second-order valence-electron chi connectivity index (χ2n) is 7.53. The first-order valence-corrected chi connectivity index (χ1v) is 10.1. The van der Waals surface area contributed by atoms with Gasteiger partial charge in [0.1, 0.15) is 11.6 Å². The monoisotopic (exact) mass is 380 g/mol. The minimum absolute atomic E-state index is 0.0208. The smallest absolute Gasteiger partial charge is 0.251 e. The summed E-state index contributed by atoms with van der Waals surface area (Å²) in [7, 11) is 1.68. The Hall–Kier alpha value is -2.76. The third-order valence-electron chi connectivity index (χ3n) is 5.74. The fraction of sp³-hybridized carbons (Fsp3) is 0.455. The summed E-state index contributed by atoms with van der Waals surface area (Å²) in [5, 5.41) is 3.16. The summed E-state index contributed by atoms with van der Waals surface area (Å²) in [6.07, 6.45) is 6.36. The van der Waals surface area contributed by atoms with Gasteiger partial charge in [0.25, 0.3) is 5.91 Å². The van der Waals surface area contributed by atoms with Crippen LogP contribution in [-0.2, 0) is 0 Å². The van der Waals surface area contributed by atoms with Gasteiger partial charge in [-0.05, 0) is 49.2 Å². The number of nitrogens with zero attached hydrogens (tertiary/aromatic N) is 3. The Kier molecular flexibility index (Phi) is 5.65. The van der Waals surface area contributed by atoms with Gasteiger partial charge in [-0.15, -0.1) is 0 Å². The number of hydrogen-bond acceptors (Lipinski definition) is 5. The number of ether oxygens (including phenoxy) is 1. The van der Waals surface area contributed by atoms with E-state index in [-0.39, 0.29) is 5.91 Å². The number of methoxy groups -OCH3 is 1. The molecule has 1 amide bonds. The third kappa shape index (κ3) is 4.21. The molecule has 2 aromatic rings. The van der Waals surface area contributed by atoms with Gasteiger partial charge in [-0.25, -0.2) is 4.98 Å². The maximum Gasteiger partial charge on any atom is 0.251 e. The van der Waals surface area contributed by atoms with Gasteiger partial charge in [-0.3, -0.25) is 4.79 Å². The van der Waals surface area contributed by atoms with Crippen molar-refractivity contribution in [1.82, 2.24) is 10.3 Å². The number of benzene rings is 1. The number of anilines is 2. The molecule has 0 atom stereocenters. The van der Waals surface area contributed by atoms with Crippen LogP contribution in [0.15, 0.2) is 42.6 Å². The van der Waals surface area contributed by atoms with Crippen molar-refractivity contribution in [2.45, 2.75) is 31.7 Å². The van der Waals surface area contributed by atoms with Crippen LogP contribution < -0.4 is 19.9 Å². The van der Waals surface area contributed by atoms with E-state index in [2.05, 4.69) is 32.2 Å². The first-order valence-electron chi connectivity index (χ1n) is 10.1. The van der Waals surface area contributed by atoms with Crippen molar-refractivity contribution in [1.29, 1.82) is 0 Å². The Morgan fingerprint density at radius 3 is 2.39 bits per heavy atom. The van der Waals surface area contributed by atoms with E-state index >= 15 is 0 Å². The summed E-state index contributed by atoms with van der Waals surface area (Å²) in [6.45, 7) is 3.61. The molecule has 1 N–H and O–H groups in total. The average molecular weight is 380 g/mol. The van der Waals surface area contributed by atoms with Crippen molar-refractivity contribution in [2.24, 2.45) is 0 Å². The molecule has 1 aliphatic heterocycles. The number of aromatic nitrogens is 1. The van der Waals surface area contributed by atoms with Gasteiger partial charge in [0, 0.05) is 49.7 Å². The van der Waals surface area contributed by atoms with Crippen LogP contribution in [0.2, 0.25) is 0 Å². The summed E-state index contributed by atoms with van der Waals surface area (Å²) in [4.78, 5) is 21.7. The number of carbonyl (C=O) groups excluding carboxylic acids is 1. The zero-order valence-electron chi connectivity index (χ0n) is 16.4. The Labute approximate surface area is 166 Å². The predicted molar refractivity (Wildman–Crippen MR) is 111 cm³/mol. The number of piperazine rings is 1. The Morgan fingerprint density at radius 2 is 1.71 bits per heavy atom. The molecule has 0 radical (unpaired) electrons. The number of pyridine rings is 1. The van der Waals surface area contributed by atoms with E-state index in [1.165, 1.54) is 18.5 Å². The van der Waals surface area contributed by atoms with Gasteiger partial charge < -0.3 is 19.9 Å². The van der Waals surface area contributed by atoms with E-state index in [9.17, 15) is 4.79 Å². The van der Waals surface area contributed by atoms with Crippen LogP contribution in [0, 0.1) is 0 Å². The highest BCUT2D eigenvalue weighted by Crippen LogP contribution is 2.23. The van der Waals surface area contributed by atoms with E-state index in [1.807, 2.05) is 18.2 Å². The van der Waals surface area contributed by atoms with Gasteiger partial charge in [0.05, 0.1) is 7.11 Å². The van der Waals surface area contributed by atoms with E-state index < -0.39 is 0 Å². The fourth-order valence-corrected chi connectivity index (χ4v) is 4.06. The Morgan fingerprint density at radius 1 is 1.04 bits per heavy atom. The largest absolute Gasteiger partial charge is 0.497 e. The van der Waals surface area contributed by atoms with Crippen molar-refractivity contribution in [3.8, 4) is 5.75 Å². The first kappa shape index (κ1) is 18.6. The Bertz CT molecular complexity index is 794. The second kappa shape index (κ2) is 8.50. The lowest BCUT2D eigenvalue weighted by molar-refractivity contribution is 0.0938. The highest BCUT2D eigenvalue weighted by molar-refractivity contribution is 5.95. The molecular weight excluding hydrogens is 352 g/mol. The van der Waals surface area contributed by atoms with Gasteiger partial charge in [-0.1, -0.05) is 12.8 Å². The normalized spacial score (nSPS) is 17.6. The number of amides is 1. The number of hydrogen-bond donors (Lipinski definition) is 1. The van der Waals surface area contributed by atoms with Crippen molar-refractivity contribution in [2.75, 3.05) is 43.1 Å². The molecule has 2 aliphatic rings. The van der Waals surface area contributed by atoms with Crippen molar-refractivity contribution < 1.29 is 9.53 Å². The molecule has 6 heteroatoms. The molecule has 1 aromatic heterocycles. The fourth-order valence-electron chi connectivity index (χ4n) is 4.06. The summed E-state index contributed by atoms with van der Waals surface area (Å²) < 4.78 is 5.24. The number of carbonyl (C=O) groups is 1. The molecular formula is C22H28N4O2. The lowest BCUT2D eigenvalue weighted by Crippen LogP contribution is -2.46. The van der Waals surface area contributed by atoms with E-state index in [4.69, 9.17) is 4.74 Å². The highest BCUT2D eigenvalue weighted by Gasteiger charge is 2.21. The van der Waals surface area contributed by atoms with E-state index in [0.717, 1.165) is 50.6 Å². The molecule has 2 fully saturated rings.